The molecule has 0 fully saturated rings. The van der Waals surface area contributed by atoms with Crippen molar-refractivity contribution in [1.82, 2.24) is 0 Å². The molecule has 13 heavy (non-hydrogen) atoms. The van der Waals surface area contributed by atoms with Crippen LogP contribution in [0.4, 0.5) is 4.39 Å². The van der Waals surface area contributed by atoms with Crippen LogP contribution in [0.5, 0.6) is 5.75 Å². The smallest absolute Gasteiger partial charge is 0.134 e. The lowest BCUT2D eigenvalue weighted by Gasteiger charge is -2.00. The van der Waals surface area contributed by atoms with Gasteiger partial charge >= 0.3 is 0 Å². The van der Waals surface area contributed by atoms with Gasteiger partial charge in [-0.3, -0.25) is 0 Å². The highest BCUT2D eigenvalue weighted by atomic mass is 32.1. The third kappa shape index (κ3) is 1.29. The minimum atomic E-state index is -0.230. The number of aromatic hydroxyl groups is 1. The number of rotatable bonds is 1. The Bertz CT molecular complexity index is 447. The summed E-state index contributed by atoms with van der Waals surface area (Å²) in [6, 6.07) is 2.94. The van der Waals surface area contributed by atoms with Crippen LogP contribution >= 0.6 is 11.3 Å². The molecule has 1 aromatic heterocycles. The van der Waals surface area contributed by atoms with E-state index >= 15 is 0 Å². The minimum absolute atomic E-state index is 0.230. The van der Waals surface area contributed by atoms with Gasteiger partial charge in [-0.05, 0) is 24.1 Å². The van der Waals surface area contributed by atoms with Crippen molar-refractivity contribution < 1.29 is 9.50 Å². The largest absolute Gasteiger partial charge is 0.506 e. The predicted octanol–water partition coefficient (Wildman–Crippen LogP) is 3.31. The highest BCUT2D eigenvalue weighted by molar-refractivity contribution is 7.17. The fraction of sp³-hybridized carbons (Fsp3) is 0.200. The molecule has 2 rings (SSSR count). The predicted molar refractivity (Wildman–Crippen MR) is 52.8 cm³/mol. The molecule has 0 bridgehead atoms. The number of thiophene rings is 1. The summed E-state index contributed by atoms with van der Waals surface area (Å²) in [4.78, 5) is 0. The maximum absolute atomic E-state index is 13.0. The van der Waals surface area contributed by atoms with E-state index in [1.54, 1.807) is 5.38 Å². The van der Waals surface area contributed by atoms with Gasteiger partial charge in [-0.25, -0.2) is 4.39 Å². The van der Waals surface area contributed by atoms with Crippen molar-refractivity contribution >= 4 is 21.4 Å². The van der Waals surface area contributed by atoms with Gasteiger partial charge in [0.1, 0.15) is 11.6 Å². The SMILES string of the molecule is CCc1cc(F)cc2scc(O)c12. The molecule has 0 atom stereocenters. The minimum Gasteiger partial charge on any atom is -0.506 e. The molecule has 0 saturated heterocycles. The molecule has 0 aliphatic rings. The van der Waals surface area contributed by atoms with Gasteiger partial charge in [0.15, 0.2) is 0 Å². The summed E-state index contributed by atoms with van der Waals surface area (Å²) in [5.41, 5.74) is 0.869. The van der Waals surface area contributed by atoms with Crippen molar-refractivity contribution in [2.24, 2.45) is 0 Å². The van der Waals surface area contributed by atoms with E-state index in [1.165, 1.54) is 23.5 Å². The Labute approximate surface area is 79.4 Å². The number of hydrogen-bond donors (Lipinski definition) is 1. The van der Waals surface area contributed by atoms with E-state index in [0.29, 0.717) is 0 Å². The van der Waals surface area contributed by atoms with Crippen LogP contribution in [0.15, 0.2) is 17.5 Å². The fourth-order valence-electron chi connectivity index (χ4n) is 1.48. The molecule has 2 aromatic rings. The standard InChI is InChI=1S/C10H9FOS/c1-2-6-3-7(11)4-9-10(6)8(12)5-13-9/h3-5,12H,2H2,1H3. The highest BCUT2D eigenvalue weighted by Crippen LogP contribution is 2.34. The van der Waals surface area contributed by atoms with E-state index in [9.17, 15) is 9.50 Å². The van der Waals surface area contributed by atoms with Crippen molar-refractivity contribution in [3.05, 3.63) is 28.9 Å². The third-order valence-corrected chi connectivity index (χ3v) is 3.00. The third-order valence-electron chi connectivity index (χ3n) is 2.08. The summed E-state index contributed by atoms with van der Waals surface area (Å²) in [5.74, 6) is 0.0306. The molecule has 1 nitrogen and oxygen atoms in total. The van der Waals surface area contributed by atoms with Crippen LogP contribution in [0, 0.1) is 5.82 Å². The average Bonchev–Trinajstić information content (AvgIpc) is 2.46. The van der Waals surface area contributed by atoms with Gasteiger partial charge in [0.05, 0.1) is 0 Å². The van der Waals surface area contributed by atoms with Crippen LogP contribution in [0.2, 0.25) is 0 Å². The summed E-state index contributed by atoms with van der Waals surface area (Å²) >= 11 is 1.37. The van der Waals surface area contributed by atoms with Gasteiger partial charge in [-0.15, -0.1) is 11.3 Å². The second kappa shape index (κ2) is 3.00. The van der Waals surface area contributed by atoms with Gasteiger partial charge in [0.2, 0.25) is 0 Å². The highest BCUT2D eigenvalue weighted by Gasteiger charge is 2.08. The average molecular weight is 196 g/mol. The van der Waals surface area contributed by atoms with Crippen LogP contribution in [0.3, 0.4) is 0 Å². The van der Waals surface area contributed by atoms with Crippen molar-refractivity contribution in [2.75, 3.05) is 0 Å². The van der Waals surface area contributed by atoms with Gasteiger partial charge < -0.3 is 5.11 Å². The Kier molecular flexibility index (Phi) is 1.96. The van der Waals surface area contributed by atoms with Crippen LogP contribution in [0.1, 0.15) is 12.5 Å². The van der Waals surface area contributed by atoms with Crippen LogP contribution in [0.25, 0.3) is 10.1 Å². The Morgan fingerprint density at radius 1 is 1.46 bits per heavy atom. The van der Waals surface area contributed by atoms with Crippen LogP contribution in [-0.2, 0) is 6.42 Å². The molecular formula is C10H9FOS. The van der Waals surface area contributed by atoms with E-state index in [1.807, 2.05) is 6.92 Å². The Morgan fingerprint density at radius 2 is 2.23 bits per heavy atom. The van der Waals surface area contributed by atoms with E-state index in [0.717, 1.165) is 22.1 Å². The molecule has 0 aliphatic heterocycles. The van der Waals surface area contributed by atoms with Gasteiger partial charge in [-0.2, -0.15) is 0 Å². The van der Waals surface area contributed by atoms with E-state index in [2.05, 4.69) is 0 Å². The quantitative estimate of drug-likeness (QED) is 0.741. The number of aryl methyl sites for hydroxylation is 1. The summed E-state index contributed by atoms with van der Waals surface area (Å²) in [5, 5.41) is 11.9. The zero-order valence-corrected chi connectivity index (χ0v) is 7.99. The first kappa shape index (κ1) is 8.51. The monoisotopic (exact) mass is 196 g/mol. The lowest BCUT2D eigenvalue weighted by Crippen LogP contribution is -1.83. The topological polar surface area (TPSA) is 20.2 Å². The number of halogens is 1. The van der Waals surface area contributed by atoms with Crippen molar-refractivity contribution in [3.8, 4) is 5.75 Å². The summed E-state index contributed by atoms with van der Waals surface area (Å²) < 4.78 is 13.8. The Morgan fingerprint density at radius 3 is 2.92 bits per heavy atom. The molecule has 0 unspecified atom stereocenters. The first-order valence-electron chi connectivity index (χ1n) is 4.11. The summed E-state index contributed by atoms with van der Waals surface area (Å²) in [6.45, 7) is 1.95. The number of benzene rings is 1. The van der Waals surface area contributed by atoms with Crippen LogP contribution in [-0.4, -0.2) is 5.11 Å². The lowest BCUT2D eigenvalue weighted by atomic mass is 10.1. The van der Waals surface area contributed by atoms with E-state index in [4.69, 9.17) is 0 Å². The lowest BCUT2D eigenvalue weighted by molar-refractivity contribution is 0.483. The Hall–Kier alpha value is -1.09. The van der Waals surface area contributed by atoms with Crippen molar-refractivity contribution in [2.45, 2.75) is 13.3 Å². The molecule has 68 valence electrons. The fourth-order valence-corrected chi connectivity index (χ4v) is 2.37. The molecule has 0 amide bonds. The van der Waals surface area contributed by atoms with Crippen molar-refractivity contribution in [3.63, 3.8) is 0 Å². The van der Waals surface area contributed by atoms with Crippen molar-refractivity contribution in [1.29, 1.82) is 0 Å². The number of fused-ring (bicyclic) bond motifs is 1. The zero-order chi connectivity index (χ0) is 9.42. The first-order valence-corrected chi connectivity index (χ1v) is 4.99. The Balaban J connectivity index is 2.85. The molecule has 0 radical (unpaired) electrons. The second-order valence-electron chi connectivity index (χ2n) is 2.91. The molecule has 3 heteroatoms. The van der Waals surface area contributed by atoms with Gasteiger partial charge in [0, 0.05) is 15.5 Å². The molecule has 0 aliphatic carbocycles. The maximum Gasteiger partial charge on any atom is 0.134 e. The molecule has 1 aromatic carbocycles. The molecular weight excluding hydrogens is 187 g/mol. The normalized spacial score (nSPS) is 10.9. The molecule has 1 N–H and O–H groups in total. The zero-order valence-electron chi connectivity index (χ0n) is 7.17. The van der Waals surface area contributed by atoms with Gasteiger partial charge in [-0.1, -0.05) is 6.92 Å². The molecule has 1 heterocycles. The maximum atomic E-state index is 13.0. The summed E-state index contributed by atoms with van der Waals surface area (Å²) in [7, 11) is 0. The second-order valence-corrected chi connectivity index (χ2v) is 3.82. The first-order chi connectivity index (χ1) is 6.22. The molecule has 0 saturated carbocycles. The summed E-state index contributed by atoms with van der Waals surface area (Å²) in [6.07, 6.45) is 0.735. The van der Waals surface area contributed by atoms with Crippen LogP contribution < -0.4 is 0 Å². The molecule has 0 spiro atoms. The van der Waals surface area contributed by atoms with E-state index in [-0.39, 0.29) is 11.6 Å². The van der Waals surface area contributed by atoms with E-state index < -0.39 is 0 Å². The van der Waals surface area contributed by atoms with Gasteiger partial charge in [0.25, 0.3) is 0 Å². The number of hydrogen-bond acceptors (Lipinski definition) is 2.